The van der Waals surface area contributed by atoms with Crippen LogP contribution < -0.4 is 10.1 Å². The van der Waals surface area contributed by atoms with E-state index in [2.05, 4.69) is 27.6 Å². The summed E-state index contributed by atoms with van der Waals surface area (Å²) in [5.41, 5.74) is 1.22. The third-order valence-electron chi connectivity index (χ3n) is 3.58. The van der Waals surface area contributed by atoms with Crippen molar-refractivity contribution in [3.8, 4) is 5.75 Å². The molecule has 0 amide bonds. The fourth-order valence-corrected chi connectivity index (χ4v) is 3.17. The minimum absolute atomic E-state index is 0.794. The number of ether oxygens (including phenoxy) is 1. The van der Waals surface area contributed by atoms with Crippen molar-refractivity contribution in [3.63, 3.8) is 0 Å². The Bertz CT molecular complexity index is 580. The molecule has 0 spiro atoms. The summed E-state index contributed by atoms with van der Waals surface area (Å²) in [6, 6.07) is 8.92. The van der Waals surface area contributed by atoms with Crippen LogP contribution >= 0.6 is 11.3 Å². The number of nitrogens with one attached hydrogen (secondary N) is 1. The Hall–Kier alpha value is -1.46. The second kappa shape index (κ2) is 7.00. The first-order chi connectivity index (χ1) is 10.3. The maximum atomic E-state index is 5.25. The average molecular weight is 303 g/mol. The zero-order valence-electron chi connectivity index (χ0n) is 12.3. The lowest BCUT2D eigenvalue weighted by Gasteiger charge is -2.02. The molecule has 0 atom stereocenters. The van der Waals surface area contributed by atoms with Gasteiger partial charge in [-0.15, -0.1) is 21.5 Å². The zero-order valence-corrected chi connectivity index (χ0v) is 13.2. The molecule has 1 fully saturated rings. The van der Waals surface area contributed by atoms with Crippen molar-refractivity contribution in [1.82, 2.24) is 15.5 Å². The molecule has 1 heterocycles. The summed E-state index contributed by atoms with van der Waals surface area (Å²) in [5, 5.41) is 14.3. The fraction of sp³-hybridized carbons (Fsp3) is 0.500. The van der Waals surface area contributed by atoms with Gasteiger partial charge >= 0.3 is 0 Å². The fourth-order valence-electron chi connectivity index (χ4n) is 2.25. The first-order valence-electron chi connectivity index (χ1n) is 7.51. The van der Waals surface area contributed by atoms with Crippen molar-refractivity contribution < 1.29 is 4.74 Å². The highest BCUT2D eigenvalue weighted by atomic mass is 32.1. The largest absolute Gasteiger partial charge is 0.497 e. The van der Waals surface area contributed by atoms with Crippen LogP contribution in [0.15, 0.2) is 24.3 Å². The van der Waals surface area contributed by atoms with Crippen LogP contribution in [0.3, 0.4) is 0 Å². The summed E-state index contributed by atoms with van der Waals surface area (Å²) < 4.78 is 5.25. The highest BCUT2D eigenvalue weighted by molar-refractivity contribution is 7.11. The molecule has 0 aliphatic heterocycles. The molecule has 112 valence electrons. The summed E-state index contributed by atoms with van der Waals surface area (Å²) in [5.74, 6) is 0.892. The van der Waals surface area contributed by atoms with Crippen molar-refractivity contribution in [2.45, 2.75) is 38.1 Å². The number of methoxy groups -OCH3 is 1. The lowest BCUT2D eigenvalue weighted by molar-refractivity contribution is 0.414. The third-order valence-corrected chi connectivity index (χ3v) is 4.56. The van der Waals surface area contributed by atoms with Crippen LogP contribution in [-0.2, 0) is 12.8 Å². The van der Waals surface area contributed by atoms with Crippen LogP contribution in [0.25, 0.3) is 0 Å². The highest BCUT2D eigenvalue weighted by Gasteiger charge is 2.19. The van der Waals surface area contributed by atoms with E-state index in [4.69, 9.17) is 4.74 Å². The molecule has 1 N–H and O–H groups in total. The van der Waals surface area contributed by atoms with Crippen LogP contribution in [0, 0.1) is 0 Å². The monoisotopic (exact) mass is 303 g/mol. The van der Waals surface area contributed by atoms with Gasteiger partial charge < -0.3 is 10.1 Å². The van der Waals surface area contributed by atoms with Gasteiger partial charge in [0.05, 0.1) is 7.11 Å². The lowest BCUT2D eigenvalue weighted by Crippen LogP contribution is -2.17. The van der Waals surface area contributed by atoms with Gasteiger partial charge in [0.25, 0.3) is 0 Å². The second-order valence-electron chi connectivity index (χ2n) is 5.45. The Morgan fingerprint density at radius 3 is 2.95 bits per heavy atom. The van der Waals surface area contributed by atoms with Gasteiger partial charge in [0.15, 0.2) is 0 Å². The average Bonchev–Trinajstić information content (AvgIpc) is 3.23. The van der Waals surface area contributed by atoms with E-state index in [-0.39, 0.29) is 0 Å². The molecule has 2 aromatic rings. The van der Waals surface area contributed by atoms with Crippen molar-refractivity contribution >= 4 is 11.3 Å². The van der Waals surface area contributed by atoms with Crippen molar-refractivity contribution in [1.29, 1.82) is 0 Å². The van der Waals surface area contributed by atoms with Gasteiger partial charge in [-0.1, -0.05) is 12.1 Å². The van der Waals surface area contributed by atoms with E-state index >= 15 is 0 Å². The molecule has 1 aliphatic rings. The molecule has 21 heavy (non-hydrogen) atoms. The van der Waals surface area contributed by atoms with E-state index in [1.165, 1.54) is 18.4 Å². The Balaban J connectivity index is 1.49. The molecule has 0 radical (unpaired) electrons. The smallest absolute Gasteiger partial charge is 0.121 e. The number of aromatic nitrogens is 2. The minimum Gasteiger partial charge on any atom is -0.497 e. The summed E-state index contributed by atoms with van der Waals surface area (Å²) in [7, 11) is 1.69. The molecule has 1 aromatic carbocycles. The van der Waals surface area contributed by atoms with Crippen LogP contribution in [0.4, 0.5) is 0 Å². The molecule has 3 rings (SSSR count). The Morgan fingerprint density at radius 1 is 1.29 bits per heavy atom. The molecular formula is C16H21N3OS. The van der Waals surface area contributed by atoms with Gasteiger partial charge in [0.1, 0.15) is 15.8 Å². The van der Waals surface area contributed by atoms with Gasteiger partial charge in [-0.05, 0) is 43.5 Å². The maximum absolute atomic E-state index is 5.25. The van der Waals surface area contributed by atoms with Crippen molar-refractivity contribution in [2.24, 2.45) is 0 Å². The second-order valence-corrected chi connectivity index (χ2v) is 6.60. The molecule has 4 nitrogen and oxygen atoms in total. The SMILES string of the molecule is COc1cccc(Cc2nnc(CCCNC3CC3)s2)c1. The molecule has 0 saturated heterocycles. The first kappa shape index (κ1) is 14.5. The summed E-state index contributed by atoms with van der Waals surface area (Å²) >= 11 is 1.72. The molecular weight excluding hydrogens is 282 g/mol. The quantitative estimate of drug-likeness (QED) is 0.762. The van der Waals surface area contributed by atoms with Crippen molar-refractivity contribution in [3.05, 3.63) is 39.8 Å². The number of hydrogen-bond donors (Lipinski definition) is 1. The van der Waals surface area contributed by atoms with Gasteiger partial charge in [-0.2, -0.15) is 0 Å². The number of benzene rings is 1. The number of nitrogens with zero attached hydrogens (tertiary/aromatic N) is 2. The summed E-state index contributed by atoms with van der Waals surface area (Å²) in [6.07, 6.45) is 5.70. The Kier molecular flexibility index (Phi) is 4.83. The first-order valence-corrected chi connectivity index (χ1v) is 8.33. The molecule has 0 unspecified atom stereocenters. The van der Waals surface area contributed by atoms with E-state index in [9.17, 15) is 0 Å². The predicted molar refractivity (Wildman–Crippen MR) is 85.1 cm³/mol. The molecule has 0 bridgehead atoms. The van der Waals surface area contributed by atoms with Crippen LogP contribution in [0.5, 0.6) is 5.75 Å². The van der Waals surface area contributed by atoms with Crippen molar-refractivity contribution in [2.75, 3.05) is 13.7 Å². The van der Waals surface area contributed by atoms with Gasteiger partial charge in [0, 0.05) is 18.9 Å². The molecule has 1 aliphatic carbocycles. The standard InChI is InChI=1S/C16H21N3OS/c1-20-14-5-2-4-12(10-14)11-16-19-18-15(21-16)6-3-9-17-13-7-8-13/h2,4-5,10,13,17H,3,6-9,11H2,1H3. The van der Waals surface area contributed by atoms with Crippen LogP contribution in [-0.4, -0.2) is 29.9 Å². The number of aryl methyl sites for hydroxylation is 1. The number of hydrogen-bond acceptors (Lipinski definition) is 5. The topological polar surface area (TPSA) is 47.0 Å². The summed E-state index contributed by atoms with van der Waals surface area (Å²) in [6.45, 7) is 1.09. The van der Waals surface area contributed by atoms with E-state index < -0.39 is 0 Å². The molecule has 1 aromatic heterocycles. The van der Waals surface area contributed by atoms with Gasteiger partial charge in [0.2, 0.25) is 0 Å². The van der Waals surface area contributed by atoms with Gasteiger partial charge in [-0.3, -0.25) is 0 Å². The Morgan fingerprint density at radius 2 is 2.14 bits per heavy atom. The highest BCUT2D eigenvalue weighted by Crippen LogP contribution is 2.20. The minimum atomic E-state index is 0.794. The molecule has 1 saturated carbocycles. The van der Waals surface area contributed by atoms with E-state index in [1.807, 2.05) is 12.1 Å². The van der Waals surface area contributed by atoms with E-state index in [0.717, 1.165) is 47.6 Å². The molecule has 5 heteroatoms. The van der Waals surface area contributed by atoms with Gasteiger partial charge in [-0.25, -0.2) is 0 Å². The van der Waals surface area contributed by atoms with Crippen LogP contribution in [0.1, 0.15) is 34.8 Å². The third kappa shape index (κ3) is 4.51. The normalized spacial score (nSPS) is 14.3. The van der Waals surface area contributed by atoms with Crippen LogP contribution in [0.2, 0.25) is 0 Å². The zero-order chi connectivity index (χ0) is 14.5. The summed E-state index contributed by atoms with van der Waals surface area (Å²) in [4.78, 5) is 0. The predicted octanol–water partition coefficient (Wildman–Crippen LogP) is 2.82. The lowest BCUT2D eigenvalue weighted by atomic mass is 10.1. The van der Waals surface area contributed by atoms with E-state index in [1.54, 1.807) is 18.4 Å². The number of rotatable bonds is 8. The maximum Gasteiger partial charge on any atom is 0.121 e. The Labute approximate surface area is 129 Å². The van der Waals surface area contributed by atoms with E-state index in [0.29, 0.717) is 0 Å².